The van der Waals surface area contributed by atoms with Crippen molar-refractivity contribution in [2.75, 3.05) is 13.1 Å². The van der Waals surface area contributed by atoms with Crippen molar-refractivity contribution in [3.63, 3.8) is 0 Å². The van der Waals surface area contributed by atoms with E-state index in [9.17, 15) is 22.8 Å². The summed E-state index contributed by atoms with van der Waals surface area (Å²) in [6, 6.07) is 3.54. The van der Waals surface area contributed by atoms with E-state index >= 15 is 0 Å². The molecule has 1 N–H and O–H groups in total. The Morgan fingerprint density at radius 3 is 2.36 bits per heavy atom. The van der Waals surface area contributed by atoms with Crippen LogP contribution in [0.2, 0.25) is 0 Å². The summed E-state index contributed by atoms with van der Waals surface area (Å²) in [5, 5.41) is 2.75. The average molecular weight is 315 g/mol. The van der Waals surface area contributed by atoms with Crippen molar-refractivity contribution >= 4 is 11.8 Å². The van der Waals surface area contributed by atoms with Crippen LogP contribution >= 0.6 is 0 Å². The van der Waals surface area contributed by atoms with Crippen LogP contribution < -0.4 is 5.32 Å². The van der Waals surface area contributed by atoms with E-state index in [2.05, 4.69) is 10.3 Å². The molecular formula is C14H16F3N3O2. The van der Waals surface area contributed by atoms with Gasteiger partial charge in [-0.1, -0.05) is 0 Å². The minimum Gasteiger partial charge on any atom is -0.352 e. The summed E-state index contributed by atoms with van der Waals surface area (Å²) in [5.41, 5.74) is 0.896. The number of nitrogens with zero attached hydrogens (tertiary/aromatic N) is 2. The molecule has 2 heterocycles. The number of aromatic nitrogens is 1. The molecule has 8 heteroatoms. The fourth-order valence-corrected chi connectivity index (χ4v) is 2.36. The topological polar surface area (TPSA) is 62.3 Å². The lowest BCUT2D eigenvalue weighted by Crippen LogP contribution is -2.47. The summed E-state index contributed by atoms with van der Waals surface area (Å²) in [6.07, 6.45) is -1.14. The lowest BCUT2D eigenvalue weighted by molar-refractivity contribution is -0.186. The molecule has 1 aliphatic rings. The van der Waals surface area contributed by atoms with Gasteiger partial charge in [-0.05, 0) is 30.5 Å². The van der Waals surface area contributed by atoms with E-state index in [0.29, 0.717) is 6.54 Å². The van der Waals surface area contributed by atoms with E-state index in [-0.39, 0.29) is 37.8 Å². The molecule has 0 aliphatic carbocycles. The van der Waals surface area contributed by atoms with Crippen molar-refractivity contribution in [1.82, 2.24) is 15.2 Å². The van der Waals surface area contributed by atoms with Crippen molar-refractivity contribution < 1.29 is 22.8 Å². The molecule has 1 fully saturated rings. The molecule has 120 valence electrons. The molecule has 0 bridgehead atoms. The van der Waals surface area contributed by atoms with E-state index in [4.69, 9.17) is 0 Å². The number of rotatable bonds is 3. The monoisotopic (exact) mass is 315 g/mol. The Hall–Kier alpha value is -2.12. The molecule has 2 amide bonds. The maximum atomic E-state index is 12.3. The predicted octanol–water partition coefficient (Wildman–Crippen LogP) is 1.50. The zero-order chi connectivity index (χ0) is 16.2. The molecule has 2 rings (SSSR count). The van der Waals surface area contributed by atoms with Crippen molar-refractivity contribution in [3.05, 3.63) is 30.1 Å². The normalized spacial score (nSPS) is 16.4. The zero-order valence-corrected chi connectivity index (χ0v) is 11.8. The first-order valence-electron chi connectivity index (χ1n) is 6.90. The summed E-state index contributed by atoms with van der Waals surface area (Å²) in [4.78, 5) is 27.7. The Kier molecular flexibility index (Phi) is 4.99. The fourth-order valence-electron chi connectivity index (χ4n) is 2.36. The number of amides is 2. The molecule has 1 aromatic rings. The highest BCUT2D eigenvalue weighted by atomic mass is 19.4. The summed E-state index contributed by atoms with van der Waals surface area (Å²) in [6.45, 7) is 0.250. The number of pyridine rings is 1. The van der Waals surface area contributed by atoms with Crippen molar-refractivity contribution in [2.45, 2.75) is 25.6 Å². The Bertz CT molecular complexity index is 526. The molecule has 0 spiro atoms. The standard InChI is InChI=1S/C14H16F3N3O2/c15-14(16,17)13(22)20-7-3-11(4-8-20)12(21)19-9-10-1-5-18-6-2-10/h1-2,5-6,11H,3-4,7-9H2,(H,19,21). The Morgan fingerprint density at radius 2 is 1.82 bits per heavy atom. The van der Waals surface area contributed by atoms with E-state index < -0.39 is 12.1 Å². The van der Waals surface area contributed by atoms with Gasteiger partial charge in [-0.2, -0.15) is 13.2 Å². The molecule has 0 saturated carbocycles. The summed E-state index contributed by atoms with van der Waals surface area (Å²) < 4.78 is 37.0. The summed E-state index contributed by atoms with van der Waals surface area (Å²) in [5.74, 6) is -2.39. The molecule has 22 heavy (non-hydrogen) atoms. The van der Waals surface area contributed by atoms with Gasteiger partial charge in [0.2, 0.25) is 5.91 Å². The summed E-state index contributed by atoms with van der Waals surface area (Å²) in [7, 11) is 0. The van der Waals surface area contributed by atoms with Crippen LogP contribution in [0.3, 0.4) is 0 Å². The number of carbonyl (C=O) groups is 2. The number of nitrogens with one attached hydrogen (secondary N) is 1. The van der Waals surface area contributed by atoms with Crippen LogP contribution in [0.1, 0.15) is 18.4 Å². The van der Waals surface area contributed by atoms with Gasteiger partial charge in [0.05, 0.1) is 0 Å². The lowest BCUT2D eigenvalue weighted by Gasteiger charge is -2.31. The van der Waals surface area contributed by atoms with E-state index in [1.807, 2.05) is 0 Å². The van der Waals surface area contributed by atoms with Crippen LogP contribution in [0, 0.1) is 5.92 Å². The van der Waals surface area contributed by atoms with Crippen LogP contribution in [-0.2, 0) is 16.1 Å². The van der Waals surface area contributed by atoms with Gasteiger partial charge in [0, 0.05) is 37.9 Å². The van der Waals surface area contributed by atoms with E-state index in [1.165, 1.54) is 0 Å². The number of piperidine rings is 1. The van der Waals surface area contributed by atoms with Gasteiger partial charge in [-0.3, -0.25) is 14.6 Å². The Morgan fingerprint density at radius 1 is 1.23 bits per heavy atom. The quantitative estimate of drug-likeness (QED) is 0.919. The second-order valence-corrected chi connectivity index (χ2v) is 5.14. The lowest BCUT2D eigenvalue weighted by atomic mass is 9.95. The van der Waals surface area contributed by atoms with E-state index in [0.717, 1.165) is 10.5 Å². The average Bonchev–Trinajstić information content (AvgIpc) is 2.52. The van der Waals surface area contributed by atoms with Crippen LogP contribution in [0.25, 0.3) is 0 Å². The zero-order valence-electron chi connectivity index (χ0n) is 11.8. The Balaban J connectivity index is 1.79. The van der Waals surface area contributed by atoms with Crippen LogP contribution in [-0.4, -0.2) is 41.0 Å². The first-order valence-corrected chi connectivity index (χ1v) is 6.90. The smallest absolute Gasteiger partial charge is 0.352 e. The maximum absolute atomic E-state index is 12.3. The van der Waals surface area contributed by atoms with Gasteiger partial charge >= 0.3 is 12.1 Å². The van der Waals surface area contributed by atoms with Gasteiger partial charge in [0.15, 0.2) is 0 Å². The van der Waals surface area contributed by atoms with Gasteiger partial charge in [0.25, 0.3) is 0 Å². The largest absolute Gasteiger partial charge is 0.471 e. The number of hydrogen-bond acceptors (Lipinski definition) is 3. The van der Waals surface area contributed by atoms with Gasteiger partial charge < -0.3 is 10.2 Å². The molecule has 0 unspecified atom stereocenters. The molecule has 1 aliphatic heterocycles. The number of carbonyl (C=O) groups excluding carboxylic acids is 2. The third-order valence-electron chi connectivity index (χ3n) is 3.61. The fraction of sp³-hybridized carbons (Fsp3) is 0.500. The SMILES string of the molecule is O=C(NCc1ccncc1)C1CCN(C(=O)C(F)(F)F)CC1. The number of alkyl halides is 3. The van der Waals surface area contributed by atoms with Crippen molar-refractivity contribution in [3.8, 4) is 0 Å². The van der Waals surface area contributed by atoms with Gasteiger partial charge in [0.1, 0.15) is 0 Å². The molecule has 5 nitrogen and oxygen atoms in total. The first-order chi connectivity index (χ1) is 10.4. The molecule has 1 saturated heterocycles. The highest BCUT2D eigenvalue weighted by molar-refractivity contribution is 5.83. The van der Waals surface area contributed by atoms with Crippen LogP contribution in [0.15, 0.2) is 24.5 Å². The van der Waals surface area contributed by atoms with Gasteiger partial charge in [-0.25, -0.2) is 0 Å². The number of likely N-dealkylation sites (tertiary alicyclic amines) is 1. The molecule has 0 atom stereocenters. The third kappa shape index (κ3) is 4.19. The van der Waals surface area contributed by atoms with Gasteiger partial charge in [-0.15, -0.1) is 0 Å². The molecule has 0 aromatic carbocycles. The van der Waals surface area contributed by atoms with Crippen LogP contribution in [0.4, 0.5) is 13.2 Å². The van der Waals surface area contributed by atoms with E-state index in [1.54, 1.807) is 24.5 Å². The predicted molar refractivity (Wildman–Crippen MR) is 71.4 cm³/mol. The van der Waals surface area contributed by atoms with Crippen LogP contribution in [0.5, 0.6) is 0 Å². The minimum absolute atomic E-state index is 0.0499. The molecule has 0 radical (unpaired) electrons. The van der Waals surface area contributed by atoms with Crippen molar-refractivity contribution in [2.24, 2.45) is 5.92 Å². The number of halogens is 3. The third-order valence-corrected chi connectivity index (χ3v) is 3.61. The number of hydrogen-bond donors (Lipinski definition) is 1. The minimum atomic E-state index is -4.85. The highest BCUT2D eigenvalue weighted by Gasteiger charge is 2.43. The first kappa shape index (κ1) is 16.3. The highest BCUT2D eigenvalue weighted by Crippen LogP contribution is 2.24. The molecule has 1 aromatic heterocycles. The summed E-state index contributed by atoms with van der Waals surface area (Å²) >= 11 is 0. The second-order valence-electron chi connectivity index (χ2n) is 5.14. The van der Waals surface area contributed by atoms with Crippen molar-refractivity contribution in [1.29, 1.82) is 0 Å². The maximum Gasteiger partial charge on any atom is 0.471 e. The Labute approximate surface area is 125 Å². The molecular weight excluding hydrogens is 299 g/mol. The second kappa shape index (κ2) is 6.76.